The number of alkyl halides is 2. The maximum absolute atomic E-state index is 13.9. The molecule has 10 heteroatoms. The van der Waals surface area contributed by atoms with E-state index in [0.29, 0.717) is 5.39 Å². The average Bonchev–Trinajstić information content (AvgIpc) is 3.18. The summed E-state index contributed by atoms with van der Waals surface area (Å²) < 4.78 is 46.2. The van der Waals surface area contributed by atoms with Gasteiger partial charge in [0.25, 0.3) is 6.43 Å². The SMILES string of the molecule is Cc1c(F)ccc2c1oc1c(N3C[C@@H](O)C[C@H]3C(=O)O)nc(C(F)F)nc12. The lowest BCUT2D eigenvalue weighted by molar-refractivity contribution is -0.138. The van der Waals surface area contributed by atoms with Crippen molar-refractivity contribution in [1.29, 1.82) is 0 Å². The van der Waals surface area contributed by atoms with Gasteiger partial charge in [-0.25, -0.2) is 27.9 Å². The minimum atomic E-state index is -3.00. The molecule has 0 saturated carbocycles. The van der Waals surface area contributed by atoms with Crippen LogP contribution in [0.2, 0.25) is 0 Å². The summed E-state index contributed by atoms with van der Waals surface area (Å²) in [6, 6.07) is 1.38. The molecule has 3 heterocycles. The molecule has 0 radical (unpaired) electrons. The number of fused-ring (bicyclic) bond motifs is 3. The molecule has 0 bridgehead atoms. The minimum absolute atomic E-state index is 0.0246. The van der Waals surface area contributed by atoms with E-state index >= 15 is 0 Å². The smallest absolute Gasteiger partial charge is 0.326 e. The van der Waals surface area contributed by atoms with Gasteiger partial charge in [0.05, 0.1) is 6.10 Å². The Morgan fingerprint density at radius 1 is 1.33 bits per heavy atom. The highest BCUT2D eigenvalue weighted by Gasteiger charge is 2.39. The Kier molecular flexibility index (Phi) is 3.95. The van der Waals surface area contributed by atoms with E-state index in [1.807, 2.05) is 0 Å². The summed E-state index contributed by atoms with van der Waals surface area (Å²) in [4.78, 5) is 20.4. The zero-order chi connectivity index (χ0) is 19.5. The Morgan fingerprint density at radius 2 is 2.07 bits per heavy atom. The fourth-order valence-corrected chi connectivity index (χ4v) is 3.39. The van der Waals surface area contributed by atoms with Gasteiger partial charge in [0.2, 0.25) is 0 Å². The summed E-state index contributed by atoms with van der Waals surface area (Å²) in [5, 5.41) is 19.6. The van der Waals surface area contributed by atoms with E-state index in [0.717, 1.165) is 0 Å². The van der Waals surface area contributed by atoms with E-state index in [2.05, 4.69) is 9.97 Å². The van der Waals surface area contributed by atoms with Crippen molar-refractivity contribution in [2.24, 2.45) is 0 Å². The summed E-state index contributed by atoms with van der Waals surface area (Å²) >= 11 is 0. The molecule has 1 aliphatic heterocycles. The van der Waals surface area contributed by atoms with Crippen LogP contribution in [-0.2, 0) is 4.79 Å². The lowest BCUT2D eigenvalue weighted by Crippen LogP contribution is -2.36. The van der Waals surface area contributed by atoms with E-state index in [9.17, 15) is 28.2 Å². The number of aryl methyl sites for hydroxylation is 1. The van der Waals surface area contributed by atoms with Crippen LogP contribution in [0.4, 0.5) is 19.0 Å². The van der Waals surface area contributed by atoms with E-state index in [1.54, 1.807) is 0 Å². The van der Waals surface area contributed by atoms with Crippen molar-refractivity contribution in [3.63, 3.8) is 0 Å². The first-order valence-corrected chi connectivity index (χ1v) is 8.12. The quantitative estimate of drug-likeness (QED) is 0.720. The maximum atomic E-state index is 13.9. The number of aliphatic hydroxyl groups is 1. The van der Waals surface area contributed by atoms with Gasteiger partial charge in [-0.15, -0.1) is 0 Å². The topological polar surface area (TPSA) is 99.7 Å². The summed E-state index contributed by atoms with van der Waals surface area (Å²) in [7, 11) is 0. The second-order valence-electron chi connectivity index (χ2n) is 6.43. The van der Waals surface area contributed by atoms with E-state index in [-0.39, 0.29) is 41.0 Å². The van der Waals surface area contributed by atoms with Gasteiger partial charge in [-0.05, 0) is 19.1 Å². The van der Waals surface area contributed by atoms with Gasteiger partial charge in [0, 0.05) is 23.9 Å². The Bertz CT molecular complexity index is 1070. The molecule has 142 valence electrons. The van der Waals surface area contributed by atoms with Crippen molar-refractivity contribution in [3.05, 3.63) is 29.3 Å². The average molecular weight is 381 g/mol. The number of carboxylic acids is 1. The summed E-state index contributed by atoms with van der Waals surface area (Å²) in [5.74, 6) is -2.72. The van der Waals surface area contributed by atoms with E-state index in [1.165, 1.54) is 24.0 Å². The van der Waals surface area contributed by atoms with Crippen LogP contribution in [0.15, 0.2) is 16.5 Å². The van der Waals surface area contributed by atoms with Crippen molar-refractivity contribution >= 4 is 33.9 Å². The molecule has 1 aromatic carbocycles. The highest BCUT2D eigenvalue weighted by molar-refractivity contribution is 6.07. The molecular weight excluding hydrogens is 367 g/mol. The highest BCUT2D eigenvalue weighted by Crippen LogP contribution is 2.38. The number of aromatic nitrogens is 2. The van der Waals surface area contributed by atoms with Gasteiger partial charge >= 0.3 is 5.97 Å². The third-order valence-electron chi connectivity index (χ3n) is 4.70. The van der Waals surface area contributed by atoms with Gasteiger partial charge in [-0.3, -0.25) is 0 Å². The van der Waals surface area contributed by atoms with E-state index < -0.39 is 36.2 Å². The molecule has 3 aromatic rings. The Morgan fingerprint density at radius 3 is 2.74 bits per heavy atom. The summed E-state index contributed by atoms with van der Waals surface area (Å²) in [5.41, 5.74) is 0.312. The van der Waals surface area contributed by atoms with Crippen molar-refractivity contribution in [2.45, 2.75) is 31.9 Å². The van der Waals surface area contributed by atoms with Crippen LogP contribution in [-0.4, -0.2) is 44.8 Å². The van der Waals surface area contributed by atoms with Crippen LogP contribution in [0.1, 0.15) is 24.2 Å². The van der Waals surface area contributed by atoms with Crippen molar-refractivity contribution in [3.8, 4) is 0 Å². The number of rotatable bonds is 3. The lowest BCUT2D eigenvalue weighted by atomic mass is 10.1. The van der Waals surface area contributed by atoms with Gasteiger partial charge in [0.1, 0.15) is 23.0 Å². The summed E-state index contributed by atoms with van der Waals surface area (Å²) in [6.45, 7) is 1.36. The molecule has 0 aliphatic carbocycles. The van der Waals surface area contributed by atoms with E-state index in [4.69, 9.17) is 4.42 Å². The first kappa shape index (κ1) is 17.5. The third kappa shape index (κ3) is 2.67. The van der Waals surface area contributed by atoms with Crippen molar-refractivity contribution < 1.29 is 32.6 Å². The molecule has 2 aromatic heterocycles. The van der Waals surface area contributed by atoms with Gasteiger partial charge < -0.3 is 19.5 Å². The Balaban J connectivity index is 2.04. The third-order valence-corrected chi connectivity index (χ3v) is 4.70. The normalized spacial score (nSPS) is 20.3. The highest BCUT2D eigenvalue weighted by atomic mass is 19.3. The van der Waals surface area contributed by atoms with Gasteiger partial charge in [-0.2, -0.15) is 0 Å². The largest absolute Gasteiger partial charge is 0.480 e. The first-order chi connectivity index (χ1) is 12.8. The maximum Gasteiger partial charge on any atom is 0.326 e. The number of aliphatic carboxylic acids is 1. The van der Waals surface area contributed by atoms with Crippen LogP contribution in [0, 0.1) is 12.7 Å². The van der Waals surface area contributed by atoms with Crippen molar-refractivity contribution in [2.75, 3.05) is 11.4 Å². The predicted octanol–water partition coefficient (Wildman–Crippen LogP) is 2.79. The number of nitrogens with zero attached hydrogens (tertiary/aromatic N) is 3. The zero-order valence-electron chi connectivity index (χ0n) is 14.0. The Labute approximate surface area is 150 Å². The zero-order valence-corrected chi connectivity index (χ0v) is 14.0. The fraction of sp³-hybridized carbons (Fsp3) is 0.353. The fourth-order valence-electron chi connectivity index (χ4n) is 3.39. The molecule has 2 N–H and O–H groups in total. The standard InChI is InChI=1S/C17H14F3N3O4/c1-6-9(18)3-2-8-11-13(27-12(6)8)16(22-15(21-11)14(19)20)23-5-7(24)4-10(23)17(25)26/h2-3,7,10,14,24H,4-5H2,1H3,(H,25,26)/t7-,10-/m0/s1. The van der Waals surface area contributed by atoms with Crippen LogP contribution < -0.4 is 4.90 Å². The molecule has 0 spiro atoms. The number of furan rings is 1. The molecular formula is C17H14F3N3O4. The van der Waals surface area contributed by atoms with Crippen LogP contribution in [0.3, 0.4) is 0 Å². The number of β-amino-alcohol motifs (C(OH)–C–C–N with tert-alkyl or cyclic N) is 1. The molecule has 2 atom stereocenters. The second kappa shape index (κ2) is 6.08. The number of benzene rings is 1. The number of aliphatic hydroxyl groups excluding tert-OH is 1. The molecule has 27 heavy (non-hydrogen) atoms. The second-order valence-corrected chi connectivity index (χ2v) is 6.43. The minimum Gasteiger partial charge on any atom is -0.480 e. The molecule has 1 saturated heterocycles. The molecule has 1 aliphatic rings. The predicted molar refractivity (Wildman–Crippen MR) is 88.4 cm³/mol. The molecule has 0 amide bonds. The number of carbonyl (C=O) groups is 1. The molecule has 4 rings (SSSR count). The monoisotopic (exact) mass is 381 g/mol. The van der Waals surface area contributed by atoms with Crippen LogP contribution in [0.25, 0.3) is 22.1 Å². The van der Waals surface area contributed by atoms with Crippen LogP contribution >= 0.6 is 0 Å². The molecule has 1 fully saturated rings. The first-order valence-electron chi connectivity index (χ1n) is 8.12. The number of hydrogen-bond acceptors (Lipinski definition) is 6. The van der Waals surface area contributed by atoms with Crippen LogP contribution in [0.5, 0.6) is 0 Å². The van der Waals surface area contributed by atoms with Crippen molar-refractivity contribution in [1.82, 2.24) is 9.97 Å². The number of hydrogen-bond donors (Lipinski definition) is 2. The summed E-state index contributed by atoms with van der Waals surface area (Å²) in [6.07, 6.45) is -4.05. The van der Waals surface area contributed by atoms with Gasteiger partial charge in [-0.1, -0.05) is 0 Å². The number of halogens is 3. The lowest BCUT2D eigenvalue weighted by Gasteiger charge is -2.22. The molecule has 0 unspecified atom stereocenters. The number of carboxylic acid groups (broad SMARTS) is 1. The van der Waals surface area contributed by atoms with Gasteiger partial charge in [0.15, 0.2) is 17.2 Å². The molecule has 7 nitrogen and oxygen atoms in total. The Hall–Kier alpha value is -2.88. The number of anilines is 1.